The molecule has 0 spiro atoms. The fourth-order valence-corrected chi connectivity index (χ4v) is 2.69. The minimum atomic E-state index is -0.904. The third-order valence-corrected chi connectivity index (χ3v) is 3.92. The van der Waals surface area contributed by atoms with Crippen LogP contribution in [0.2, 0.25) is 0 Å². The summed E-state index contributed by atoms with van der Waals surface area (Å²) in [5.74, 6) is -2.50. The average Bonchev–Trinajstić information content (AvgIpc) is 3.04. The highest BCUT2D eigenvalue weighted by molar-refractivity contribution is 6.07. The molecule has 134 valence electrons. The van der Waals surface area contributed by atoms with Gasteiger partial charge in [-0.1, -0.05) is 0 Å². The number of carbonyl (C=O) groups is 1. The molecule has 2 heterocycles. The lowest BCUT2D eigenvalue weighted by atomic mass is 10.1. The summed E-state index contributed by atoms with van der Waals surface area (Å²) in [7, 11) is 0. The van der Waals surface area contributed by atoms with Crippen LogP contribution >= 0.6 is 0 Å². The summed E-state index contributed by atoms with van der Waals surface area (Å²) in [4.78, 5) is 21.3. The van der Waals surface area contributed by atoms with Crippen LogP contribution in [0.4, 0.5) is 18.9 Å². The summed E-state index contributed by atoms with van der Waals surface area (Å²) in [5, 5.41) is 2.41. The molecule has 1 N–H and O–H groups in total. The second-order valence-electron chi connectivity index (χ2n) is 5.68. The number of nitrogens with one attached hydrogen (secondary N) is 1. The number of aromatic nitrogens is 3. The number of rotatable bonds is 3. The monoisotopic (exact) mass is 368 g/mol. The van der Waals surface area contributed by atoms with Crippen LogP contribution < -0.4 is 5.32 Å². The van der Waals surface area contributed by atoms with E-state index in [1.165, 1.54) is 34.9 Å². The van der Waals surface area contributed by atoms with Crippen molar-refractivity contribution in [2.45, 2.75) is 0 Å². The van der Waals surface area contributed by atoms with Crippen molar-refractivity contribution >= 4 is 17.4 Å². The van der Waals surface area contributed by atoms with Gasteiger partial charge in [0, 0.05) is 24.0 Å². The second-order valence-corrected chi connectivity index (χ2v) is 5.68. The molecule has 0 bridgehead atoms. The molecule has 0 fully saturated rings. The van der Waals surface area contributed by atoms with Gasteiger partial charge in [-0.2, -0.15) is 0 Å². The van der Waals surface area contributed by atoms with E-state index in [1.54, 1.807) is 12.3 Å². The van der Waals surface area contributed by atoms with E-state index in [4.69, 9.17) is 0 Å². The number of imidazole rings is 1. The first-order valence-corrected chi connectivity index (χ1v) is 7.88. The number of fused-ring (bicyclic) bond motifs is 1. The molecule has 0 saturated carbocycles. The van der Waals surface area contributed by atoms with E-state index < -0.39 is 23.4 Å². The van der Waals surface area contributed by atoms with Crippen LogP contribution in [0.25, 0.3) is 17.0 Å². The predicted molar refractivity (Wildman–Crippen MR) is 92.7 cm³/mol. The Morgan fingerprint density at radius 2 is 1.74 bits per heavy atom. The van der Waals surface area contributed by atoms with Crippen molar-refractivity contribution in [3.63, 3.8) is 0 Å². The molecule has 4 rings (SSSR count). The normalized spacial score (nSPS) is 10.9. The van der Waals surface area contributed by atoms with E-state index in [2.05, 4.69) is 15.3 Å². The fourth-order valence-electron chi connectivity index (χ4n) is 2.69. The SMILES string of the molecule is O=C(Nc1ccc(F)cc1F)c1c(-c2ccc(F)cc2)nc2ncccn12. The molecule has 0 unspecified atom stereocenters. The van der Waals surface area contributed by atoms with Crippen molar-refractivity contribution in [3.8, 4) is 11.3 Å². The van der Waals surface area contributed by atoms with Gasteiger partial charge in [-0.15, -0.1) is 0 Å². The summed E-state index contributed by atoms with van der Waals surface area (Å²) in [5.41, 5.74) is 0.666. The van der Waals surface area contributed by atoms with Crippen molar-refractivity contribution in [1.82, 2.24) is 14.4 Å². The molecule has 2 aromatic heterocycles. The highest BCUT2D eigenvalue weighted by Gasteiger charge is 2.22. The van der Waals surface area contributed by atoms with Crippen molar-refractivity contribution in [2.75, 3.05) is 5.32 Å². The molecule has 0 saturated heterocycles. The molecule has 2 aromatic carbocycles. The van der Waals surface area contributed by atoms with Gasteiger partial charge in [0.1, 0.15) is 28.8 Å². The number of hydrogen-bond donors (Lipinski definition) is 1. The largest absolute Gasteiger partial charge is 0.318 e. The number of benzene rings is 2. The number of halogens is 3. The third-order valence-electron chi connectivity index (χ3n) is 3.92. The van der Waals surface area contributed by atoms with Gasteiger partial charge >= 0.3 is 0 Å². The van der Waals surface area contributed by atoms with Crippen LogP contribution in [0.15, 0.2) is 60.9 Å². The summed E-state index contributed by atoms with van der Waals surface area (Å²) in [6.45, 7) is 0. The first-order valence-electron chi connectivity index (χ1n) is 7.88. The lowest BCUT2D eigenvalue weighted by Crippen LogP contribution is -2.16. The molecule has 5 nitrogen and oxygen atoms in total. The molecule has 0 aliphatic carbocycles. The standard InChI is InChI=1S/C19H11F3N4O/c20-12-4-2-11(3-5-12)16-17(26-9-1-8-23-19(26)25-16)18(27)24-15-7-6-13(21)10-14(15)22/h1-10H,(H,24,27). The minimum Gasteiger partial charge on any atom is -0.318 e. The fraction of sp³-hybridized carbons (Fsp3) is 0. The Hall–Kier alpha value is -3.68. The van der Waals surface area contributed by atoms with Gasteiger partial charge in [0.25, 0.3) is 5.91 Å². The molecule has 0 aliphatic rings. The smallest absolute Gasteiger partial charge is 0.275 e. The van der Waals surface area contributed by atoms with Gasteiger partial charge in [0.2, 0.25) is 5.78 Å². The number of amides is 1. The molecular weight excluding hydrogens is 357 g/mol. The average molecular weight is 368 g/mol. The van der Waals surface area contributed by atoms with Crippen LogP contribution in [0.3, 0.4) is 0 Å². The lowest BCUT2D eigenvalue weighted by molar-refractivity contribution is 0.102. The van der Waals surface area contributed by atoms with Gasteiger partial charge < -0.3 is 5.32 Å². The van der Waals surface area contributed by atoms with E-state index in [1.807, 2.05) is 0 Å². The summed E-state index contributed by atoms with van der Waals surface area (Å²) < 4.78 is 41.7. The quantitative estimate of drug-likeness (QED) is 0.593. The molecule has 0 aliphatic heterocycles. The Bertz CT molecular complexity index is 1160. The topological polar surface area (TPSA) is 59.3 Å². The summed E-state index contributed by atoms with van der Waals surface area (Å²) in [6.07, 6.45) is 3.09. The number of nitrogens with zero attached hydrogens (tertiary/aromatic N) is 3. The van der Waals surface area contributed by atoms with Crippen LogP contribution in [-0.4, -0.2) is 20.3 Å². The third kappa shape index (κ3) is 3.12. The van der Waals surface area contributed by atoms with E-state index in [9.17, 15) is 18.0 Å². The van der Waals surface area contributed by atoms with Gasteiger partial charge in [0.15, 0.2) is 0 Å². The van der Waals surface area contributed by atoms with Crippen molar-refractivity contribution in [3.05, 3.63) is 84.1 Å². The maximum atomic E-state index is 13.9. The van der Waals surface area contributed by atoms with Crippen molar-refractivity contribution in [2.24, 2.45) is 0 Å². The van der Waals surface area contributed by atoms with Gasteiger partial charge in [-0.3, -0.25) is 9.20 Å². The Morgan fingerprint density at radius 3 is 2.48 bits per heavy atom. The zero-order chi connectivity index (χ0) is 19.0. The first-order chi connectivity index (χ1) is 13.0. The maximum absolute atomic E-state index is 13.9. The Balaban J connectivity index is 1.83. The van der Waals surface area contributed by atoms with Gasteiger partial charge in [0.05, 0.1) is 5.69 Å². The van der Waals surface area contributed by atoms with Gasteiger partial charge in [-0.25, -0.2) is 23.1 Å². The van der Waals surface area contributed by atoms with E-state index in [0.29, 0.717) is 11.6 Å². The van der Waals surface area contributed by atoms with Crippen molar-refractivity contribution in [1.29, 1.82) is 0 Å². The van der Waals surface area contributed by atoms with Crippen LogP contribution in [0.5, 0.6) is 0 Å². The summed E-state index contributed by atoms with van der Waals surface area (Å²) in [6, 6.07) is 9.89. The highest BCUT2D eigenvalue weighted by atomic mass is 19.1. The second kappa shape index (κ2) is 6.56. The summed E-state index contributed by atoms with van der Waals surface area (Å²) >= 11 is 0. The maximum Gasteiger partial charge on any atom is 0.275 e. The Kier molecular flexibility index (Phi) is 4.08. The molecule has 8 heteroatoms. The zero-order valence-corrected chi connectivity index (χ0v) is 13.7. The molecule has 0 atom stereocenters. The van der Waals surface area contributed by atoms with E-state index >= 15 is 0 Å². The van der Waals surface area contributed by atoms with Crippen LogP contribution in [0.1, 0.15) is 10.5 Å². The minimum absolute atomic E-state index is 0.0911. The predicted octanol–water partition coefficient (Wildman–Crippen LogP) is 4.07. The molecule has 27 heavy (non-hydrogen) atoms. The molecule has 0 radical (unpaired) electrons. The highest BCUT2D eigenvalue weighted by Crippen LogP contribution is 2.25. The molecule has 1 amide bonds. The number of carbonyl (C=O) groups excluding carboxylic acids is 1. The first kappa shape index (κ1) is 16.8. The van der Waals surface area contributed by atoms with Crippen molar-refractivity contribution < 1.29 is 18.0 Å². The van der Waals surface area contributed by atoms with Crippen LogP contribution in [0, 0.1) is 17.5 Å². The lowest BCUT2D eigenvalue weighted by Gasteiger charge is -2.08. The zero-order valence-electron chi connectivity index (χ0n) is 13.7. The Labute approximate surface area is 151 Å². The molecular formula is C19H11F3N4O. The van der Waals surface area contributed by atoms with Gasteiger partial charge in [-0.05, 0) is 42.5 Å². The van der Waals surface area contributed by atoms with E-state index in [-0.39, 0.29) is 22.9 Å². The van der Waals surface area contributed by atoms with E-state index in [0.717, 1.165) is 12.1 Å². The Morgan fingerprint density at radius 1 is 1.00 bits per heavy atom. The number of hydrogen-bond acceptors (Lipinski definition) is 3. The molecule has 4 aromatic rings. The number of anilines is 1. The van der Waals surface area contributed by atoms with Crippen LogP contribution in [-0.2, 0) is 0 Å².